The predicted octanol–water partition coefficient (Wildman–Crippen LogP) is 0.431. The van der Waals surface area contributed by atoms with E-state index < -0.39 is 23.0 Å². The molecule has 0 aromatic heterocycles. The van der Waals surface area contributed by atoms with Gasteiger partial charge in [0.15, 0.2) is 0 Å². The zero-order chi connectivity index (χ0) is 7.72. The largest absolute Gasteiger partial charge is 0.458 e. The Labute approximate surface area is 75.0 Å². The van der Waals surface area contributed by atoms with E-state index in [2.05, 4.69) is 31.9 Å². The van der Waals surface area contributed by atoms with Gasteiger partial charge in [-0.25, -0.2) is 0 Å². The summed E-state index contributed by atoms with van der Waals surface area (Å²) in [4.78, 5) is 10.1. The zero-order valence-electron chi connectivity index (χ0n) is 4.96. The second-order valence-electron chi connectivity index (χ2n) is 2.02. The molecule has 3 nitrogen and oxygen atoms in total. The molecule has 0 amide bonds. The molecule has 1 fully saturated rings. The van der Waals surface area contributed by atoms with Crippen molar-refractivity contribution in [1.29, 1.82) is 0 Å². The number of hydrogen-bond acceptors (Lipinski definition) is 3. The minimum absolute atomic E-state index is 0.392. The predicted molar refractivity (Wildman–Crippen MR) is 42.4 cm³/mol. The van der Waals surface area contributed by atoms with Gasteiger partial charge >= 0.3 is 5.97 Å². The van der Waals surface area contributed by atoms with Gasteiger partial charge in [-0.15, -0.1) is 0 Å². The SMILES string of the molecule is O=C1O[C@H](CBr)[C@H](O)[C@H]1Br. The molecule has 58 valence electrons. The summed E-state index contributed by atoms with van der Waals surface area (Å²) in [6.07, 6.45) is -1.14. The lowest BCUT2D eigenvalue weighted by molar-refractivity contribution is -0.140. The van der Waals surface area contributed by atoms with Crippen molar-refractivity contribution in [3.05, 3.63) is 0 Å². The number of hydrogen-bond donors (Lipinski definition) is 1. The molecule has 0 aliphatic carbocycles. The molecule has 0 aromatic carbocycles. The van der Waals surface area contributed by atoms with Gasteiger partial charge in [0.05, 0.1) is 0 Å². The minimum Gasteiger partial charge on any atom is -0.458 e. The van der Waals surface area contributed by atoms with Crippen molar-refractivity contribution in [3.63, 3.8) is 0 Å². The Kier molecular flexibility index (Phi) is 2.71. The summed E-state index contributed by atoms with van der Waals surface area (Å²) in [5.41, 5.74) is 0. The van der Waals surface area contributed by atoms with Gasteiger partial charge in [0, 0.05) is 5.33 Å². The third-order valence-electron chi connectivity index (χ3n) is 1.33. The Balaban J connectivity index is 2.61. The minimum atomic E-state index is -0.730. The van der Waals surface area contributed by atoms with E-state index >= 15 is 0 Å². The van der Waals surface area contributed by atoms with Crippen molar-refractivity contribution >= 4 is 37.8 Å². The van der Waals surface area contributed by atoms with Gasteiger partial charge in [-0.05, 0) is 0 Å². The van der Waals surface area contributed by atoms with E-state index in [1.807, 2.05) is 0 Å². The first-order valence-electron chi connectivity index (χ1n) is 2.75. The summed E-state index contributed by atoms with van der Waals surface area (Å²) in [5, 5.41) is 9.68. The number of cyclic esters (lactones) is 1. The fraction of sp³-hybridized carbons (Fsp3) is 0.800. The van der Waals surface area contributed by atoms with Gasteiger partial charge in [0.1, 0.15) is 17.0 Å². The highest BCUT2D eigenvalue weighted by molar-refractivity contribution is 9.10. The third kappa shape index (κ3) is 1.35. The molecule has 1 rings (SSSR count). The zero-order valence-corrected chi connectivity index (χ0v) is 8.13. The molecule has 0 bridgehead atoms. The smallest absolute Gasteiger partial charge is 0.322 e. The van der Waals surface area contributed by atoms with Crippen molar-refractivity contribution in [2.75, 3.05) is 5.33 Å². The highest BCUT2D eigenvalue weighted by Gasteiger charge is 2.41. The second kappa shape index (κ2) is 3.19. The number of carbonyl (C=O) groups is 1. The number of rotatable bonds is 1. The van der Waals surface area contributed by atoms with Gasteiger partial charge < -0.3 is 9.84 Å². The molecule has 1 saturated heterocycles. The molecule has 0 spiro atoms. The third-order valence-corrected chi connectivity index (χ3v) is 2.88. The van der Waals surface area contributed by atoms with E-state index in [4.69, 9.17) is 4.74 Å². The van der Waals surface area contributed by atoms with Crippen LogP contribution < -0.4 is 0 Å². The first-order chi connectivity index (χ1) is 4.66. The second-order valence-corrected chi connectivity index (χ2v) is 3.66. The van der Waals surface area contributed by atoms with Crippen LogP contribution in [0.4, 0.5) is 0 Å². The van der Waals surface area contributed by atoms with E-state index in [0.717, 1.165) is 0 Å². The van der Waals surface area contributed by atoms with Gasteiger partial charge in [-0.3, -0.25) is 4.79 Å². The normalized spacial score (nSPS) is 39.9. The number of halogens is 2. The van der Waals surface area contributed by atoms with E-state index in [1.54, 1.807) is 0 Å². The summed E-state index contributed by atoms with van der Waals surface area (Å²) >= 11 is 6.12. The van der Waals surface area contributed by atoms with Crippen molar-refractivity contribution in [2.24, 2.45) is 0 Å². The van der Waals surface area contributed by atoms with Crippen LogP contribution in [0.15, 0.2) is 0 Å². The molecule has 1 heterocycles. The van der Waals surface area contributed by atoms with E-state index in [1.165, 1.54) is 0 Å². The quantitative estimate of drug-likeness (QED) is 0.557. The molecule has 1 N–H and O–H groups in total. The Morgan fingerprint density at radius 1 is 1.70 bits per heavy atom. The van der Waals surface area contributed by atoms with E-state index in [9.17, 15) is 9.90 Å². The highest BCUT2D eigenvalue weighted by Crippen LogP contribution is 2.23. The Hall–Kier alpha value is 0.390. The van der Waals surface area contributed by atoms with Crippen LogP contribution in [0, 0.1) is 0 Å². The van der Waals surface area contributed by atoms with Crippen molar-refractivity contribution in [3.8, 4) is 0 Å². The van der Waals surface area contributed by atoms with E-state index in [0.29, 0.717) is 5.33 Å². The highest BCUT2D eigenvalue weighted by atomic mass is 79.9. The van der Waals surface area contributed by atoms with Crippen LogP contribution in [0.5, 0.6) is 0 Å². The maximum absolute atomic E-state index is 10.7. The number of esters is 1. The summed E-state index contributed by atoms with van der Waals surface area (Å²) in [5.74, 6) is -0.392. The lowest BCUT2D eigenvalue weighted by Gasteiger charge is -2.08. The molecular formula is C5H6Br2O3. The van der Waals surface area contributed by atoms with Crippen LogP contribution in [0.25, 0.3) is 0 Å². The fourth-order valence-corrected chi connectivity index (χ4v) is 1.70. The molecule has 1 aliphatic rings. The van der Waals surface area contributed by atoms with Crippen molar-refractivity contribution in [1.82, 2.24) is 0 Å². The molecule has 5 heteroatoms. The molecule has 0 aromatic rings. The Bertz CT molecular complexity index is 150. The van der Waals surface area contributed by atoms with Crippen LogP contribution in [0.2, 0.25) is 0 Å². The monoisotopic (exact) mass is 272 g/mol. The van der Waals surface area contributed by atoms with Crippen LogP contribution >= 0.6 is 31.9 Å². The average Bonchev–Trinajstić information content (AvgIpc) is 2.17. The average molecular weight is 274 g/mol. The van der Waals surface area contributed by atoms with Crippen molar-refractivity contribution < 1.29 is 14.6 Å². The van der Waals surface area contributed by atoms with Crippen molar-refractivity contribution in [2.45, 2.75) is 17.0 Å². The lowest BCUT2D eigenvalue weighted by Crippen LogP contribution is -2.27. The number of aliphatic hydroxyl groups is 1. The topological polar surface area (TPSA) is 46.5 Å². The van der Waals surface area contributed by atoms with Gasteiger partial charge in [-0.1, -0.05) is 31.9 Å². The lowest BCUT2D eigenvalue weighted by atomic mass is 10.2. The maximum Gasteiger partial charge on any atom is 0.322 e. The Morgan fingerprint density at radius 2 is 2.30 bits per heavy atom. The molecule has 0 unspecified atom stereocenters. The van der Waals surface area contributed by atoms with E-state index in [-0.39, 0.29) is 0 Å². The summed E-state index contributed by atoms with van der Waals surface area (Å²) in [7, 11) is 0. The van der Waals surface area contributed by atoms with Crippen LogP contribution in [-0.4, -0.2) is 33.4 Å². The van der Waals surface area contributed by atoms with Crippen LogP contribution in [0.1, 0.15) is 0 Å². The molecule has 1 aliphatic heterocycles. The number of carbonyl (C=O) groups excluding carboxylic acids is 1. The summed E-state index contributed by atoms with van der Waals surface area (Å²) in [6.45, 7) is 0. The Morgan fingerprint density at radius 3 is 2.50 bits per heavy atom. The molecule has 3 atom stereocenters. The fourth-order valence-electron chi connectivity index (χ4n) is 0.735. The standard InChI is InChI=1S/C5H6Br2O3/c6-1-2-4(8)3(7)5(9)10-2/h2-4,8H,1H2/t2-,3-,4+/m1/s1. The van der Waals surface area contributed by atoms with Gasteiger partial charge in [0.2, 0.25) is 0 Å². The van der Waals surface area contributed by atoms with Crippen LogP contribution in [0.3, 0.4) is 0 Å². The molecular weight excluding hydrogens is 268 g/mol. The summed E-state index contributed by atoms with van der Waals surface area (Å²) < 4.78 is 4.75. The molecule has 0 saturated carbocycles. The molecule has 10 heavy (non-hydrogen) atoms. The van der Waals surface area contributed by atoms with Gasteiger partial charge in [0.25, 0.3) is 0 Å². The first kappa shape index (κ1) is 8.49. The number of aliphatic hydroxyl groups excluding tert-OH is 1. The maximum atomic E-state index is 10.7. The summed E-state index contributed by atoms with van der Waals surface area (Å²) in [6, 6.07) is 0. The van der Waals surface area contributed by atoms with Gasteiger partial charge in [-0.2, -0.15) is 0 Å². The van der Waals surface area contributed by atoms with Crippen LogP contribution in [-0.2, 0) is 9.53 Å². The number of ether oxygens (including phenoxy) is 1. The number of alkyl halides is 2. The first-order valence-corrected chi connectivity index (χ1v) is 4.79. The molecule has 0 radical (unpaired) electrons.